The van der Waals surface area contributed by atoms with Gasteiger partial charge in [0.05, 0.1) is 28.5 Å². The van der Waals surface area contributed by atoms with Crippen LogP contribution in [0.4, 0.5) is 5.69 Å². The van der Waals surface area contributed by atoms with Crippen molar-refractivity contribution in [1.82, 2.24) is 9.78 Å². The first kappa shape index (κ1) is 21.2. The monoisotopic (exact) mass is 407 g/mol. The van der Waals surface area contributed by atoms with Crippen LogP contribution in [0.1, 0.15) is 39.2 Å². The Morgan fingerprint density at radius 1 is 0.966 bits per heavy atom. The number of amides is 1. The third-order valence-corrected chi connectivity index (χ3v) is 6.79. The lowest BCUT2D eigenvalue weighted by Gasteiger charge is -2.14. The summed E-state index contributed by atoms with van der Waals surface area (Å²) in [5.74, 6) is 0.363. The van der Waals surface area contributed by atoms with E-state index in [0.717, 1.165) is 22.8 Å². The van der Waals surface area contributed by atoms with Gasteiger partial charge in [0.25, 0.3) is 0 Å². The summed E-state index contributed by atoms with van der Waals surface area (Å²) in [5, 5.41) is 7.70. The lowest BCUT2D eigenvalue weighted by molar-refractivity contribution is -0.113. The molecule has 0 radical (unpaired) electrons. The molecule has 1 N–H and O–H groups in total. The van der Waals surface area contributed by atoms with Crippen LogP contribution < -0.4 is 5.32 Å². The zero-order valence-corrected chi connectivity index (χ0v) is 19.1. The Morgan fingerprint density at radius 2 is 1.55 bits per heavy atom. The second kappa shape index (κ2) is 8.46. The van der Waals surface area contributed by atoms with Gasteiger partial charge in [-0.05, 0) is 82.9 Å². The van der Waals surface area contributed by atoms with Crippen LogP contribution >= 0.6 is 11.8 Å². The maximum atomic E-state index is 12.7. The number of anilines is 1. The summed E-state index contributed by atoms with van der Waals surface area (Å²) in [4.78, 5) is 13.9. The maximum Gasteiger partial charge on any atom is 0.234 e. The minimum Gasteiger partial charge on any atom is -0.322 e. The number of rotatable bonds is 5. The second-order valence-electron chi connectivity index (χ2n) is 7.72. The van der Waals surface area contributed by atoms with Crippen molar-refractivity contribution in [3.05, 3.63) is 69.5 Å². The zero-order valence-electron chi connectivity index (χ0n) is 18.3. The topological polar surface area (TPSA) is 46.9 Å². The third-order valence-electron chi connectivity index (χ3n) is 5.48. The van der Waals surface area contributed by atoms with Crippen LogP contribution in [0.5, 0.6) is 0 Å². The molecule has 0 saturated heterocycles. The molecule has 0 saturated carbocycles. The lowest BCUT2D eigenvalue weighted by Crippen LogP contribution is -2.15. The minimum atomic E-state index is -0.0115. The van der Waals surface area contributed by atoms with Crippen molar-refractivity contribution < 1.29 is 4.79 Å². The van der Waals surface area contributed by atoms with E-state index in [1.807, 2.05) is 30.7 Å². The number of aryl methyl sites for hydroxylation is 4. The molecule has 1 heterocycles. The molecule has 0 aliphatic carbocycles. The number of hydrogen-bond acceptors (Lipinski definition) is 3. The largest absolute Gasteiger partial charge is 0.322 e. The molecule has 0 fully saturated rings. The van der Waals surface area contributed by atoms with E-state index in [4.69, 9.17) is 0 Å². The van der Waals surface area contributed by atoms with Crippen LogP contribution in [0, 0.1) is 48.5 Å². The average Bonchev–Trinajstić information content (AvgIpc) is 2.95. The maximum absolute atomic E-state index is 12.7. The highest BCUT2D eigenvalue weighted by molar-refractivity contribution is 8.00. The van der Waals surface area contributed by atoms with Gasteiger partial charge in [-0.3, -0.25) is 4.79 Å². The van der Waals surface area contributed by atoms with Crippen LogP contribution in [0.3, 0.4) is 0 Å². The number of nitrogens with zero attached hydrogens (tertiary/aromatic N) is 2. The van der Waals surface area contributed by atoms with Gasteiger partial charge in [0, 0.05) is 4.90 Å². The molecule has 0 aliphatic rings. The molecule has 5 heteroatoms. The molecule has 29 heavy (non-hydrogen) atoms. The Kier molecular flexibility index (Phi) is 6.18. The number of hydrogen-bond donors (Lipinski definition) is 1. The summed E-state index contributed by atoms with van der Waals surface area (Å²) < 4.78 is 1.88. The molecule has 1 aromatic heterocycles. The smallest absolute Gasteiger partial charge is 0.234 e. The Balaban J connectivity index is 1.76. The molecule has 2 aromatic carbocycles. The van der Waals surface area contributed by atoms with Crippen LogP contribution in [-0.2, 0) is 4.79 Å². The Hall–Kier alpha value is -2.53. The van der Waals surface area contributed by atoms with E-state index >= 15 is 0 Å². The van der Waals surface area contributed by atoms with Gasteiger partial charge in [-0.25, -0.2) is 4.68 Å². The van der Waals surface area contributed by atoms with Gasteiger partial charge in [0.15, 0.2) is 0 Å². The van der Waals surface area contributed by atoms with E-state index in [1.165, 1.54) is 32.7 Å². The Bertz CT molecular complexity index is 1040. The molecule has 0 atom stereocenters. The fourth-order valence-corrected chi connectivity index (χ4v) is 4.57. The Morgan fingerprint density at radius 3 is 2.14 bits per heavy atom. The highest BCUT2D eigenvalue weighted by atomic mass is 32.2. The molecular formula is C24H29N3OS. The quantitative estimate of drug-likeness (QED) is 0.547. The van der Waals surface area contributed by atoms with Gasteiger partial charge in [-0.1, -0.05) is 23.8 Å². The summed E-state index contributed by atoms with van der Waals surface area (Å²) in [6.45, 7) is 14.5. The molecule has 1 amide bonds. The van der Waals surface area contributed by atoms with E-state index in [9.17, 15) is 4.79 Å². The van der Waals surface area contributed by atoms with E-state index in [1.54, 1.807) is 11.8 Å². The van der Waals surface area contributed by atoms with Crippen molar-refractivity contribution in [3.8, 4) is 5.69 Å². The van der Waals surface area contributed by atoms with Crippen LogP contribution in [-0.4, -0.2) is 21.4 Å². The van der Waals surface area contributed by atoms with E-state index in [0.29, 0.717) is 5.75 Å². The number of nitrogens with one attached hydrogen (secondary N) is 1. The normalized spacial score (nSPS) is 11.0. The summed E-state index contributed by atoms with van der Waals surface area (Å²) >= 11 is 1.61. The molecule has 152 valence electrons. The molecule has 3 aromatic rings. The van der Waals surface area contributed by atoms with Gasteiger partial charge in [-0.15, -0.1) is 11.8 Å². The SMILES string of the molecule is Cc1ccc(-n2nc(C)c(NC(=O)CSc3c(C)c(C)cc(C)c3C)c2C)cc1. The van der Waals surface area contributed by atoms with Crippen LogP contribution in [0.15, 0.2) is 35.2 Å². The fraction of sp³-hybridized carbons (Fsp3) is 0.333. The Labute approximate surface area is 177 Å². The molecular weight excluding hydrogens is 378 g/mol. The number of carbonyl (C=O) groups is 1. The third kappa shape index (κ3) is 4.40. The van der Waals surface area contributed by atoms with Crippen molar-refractivity contribution in [2.45, 2.75) is 53.4 Å². The number of carbonyl (C=O) groups excluding carboxylic acids is 1. The van der Waals surface area contributed by atoms with Gasteiger partial charge in [0.1, 0.15) is 0 Å². The number of aromatic nitrogens is 2. The lowest BCUT2D eigenvalue weighted by atomic mass is 10.0. The number of thioether (sulfide) groups is 1. The molecule has 4 nitrogen and oxygen atoms in total. The van der Waals surface area contributed by atoms with E-state index in [-0.39, 0.29) is 5.91 Å². The summed E-state index contributed by atoms with van der Waals surface area (Å²) in [6, 6.07) is 10.4. The van der Waals surface area contributed by atoms with Gasteiger partial charge in [0.2, 0.25) is 5.91 Å². The second-order valence-corrected chi connectivity index (χ2v) is 8.71. The average molecular weight is 408 g/mol. The zero-order chi connectivity index (χ0) is 21.3. The highest BCUT2D eigenvalue weighted by Crippen LogP contribution is 2.31. The van der Waals surface area contributed by atoms with Gasteiger partial charge < -0.3 is 5.32 Å². The molecule has 0 spiro atoms. The first-order valence-corrected chi connectivity index (χ1v) is 10.8. The standard InChI is InChI=1S/C24H29N3OS/c1-14-8-10-21(11-9-14)27-20(7)23(19(6)26-27)25-22(28)13-29-24-17(4)15(2)12-16(3)18(24)5/h8-12H,13H2,1-7H3,(H,25,28). The van der Waals surface area contributed by atoms with Crippen LogP contribution in [0.25, 0.3) is 5.69 Å². The van der Waals surface area contributed by atoms with Crippen molar-refractivity contribution in [2.75, 3.05) is 11.1 Å². The minimum absolute atomic E-state index is 0.0115. The van der Waals surface area contributed by atoms with Crippen molar-refractivity contribution in [3.63, 3.8) is 0 Å². The van der Waals surface area contributed by atoms with E-state index < -0.39 is 0 Å². The van der Waals surface area contributed by atoms with Gasteiger partial charge in [-0.2, -0.15) is 5.10 Å². The molecule has 0 unspecified atom stereocenters. The predicted molar refractivity (Wildman–Crippen MR) is 123 cm³/mol. The predicted octanol–water partition coefficient (Wildman–Crippen LogP) is 5.76. The van der Waals surface area contributed by atoms with Crippen molar-refractivity contribution in [2.24, 2.45) is 0 Å². The molecule has 0 aliphatic heterocycles. The first-order chi connectivity index (χ1) is 13.7. The first-order valence-electron chi connectivity index (χ1n) is 9.82. The van der Waals surface area contributed by atoms with Crippen molar-refractivity contribution >= 4 is 23.4 Å². The van der Waals surface area contributed by atoms with E-state index in [2.05, 4.69) is 63.2 Å². The van der Waals surface area contributed by atoms with Crippen molar-refractivity contribution in [1.29, 1.82) is 0 Å². The number of benzene rings is 2. The summed E-state index contributed by atoms with van der Waals surface area (Å²) in [5.41, 5.74) is 9.79. The van der Waals surface area contributed by atoms with Crippen LogP contribution in [0.2, 0.25) is 0 Å². The highest BCUT2D eigenvalue weighted by Gasteiger charge is 2.16. The molecule has 0 bridgehead atoms. The summed E-state index contributed by atoms with van der Waals surface area (Å²) in [6.07, 6.45) is 0. The fourth-order valence-electron chi connectivity index (χ4n) is 3.47. The molecule has 3 rings (SSSR count). The summed E-state index contributed by atoms with van der Waals surface area (Å²) in [7, 11) is 0. The van der Waals surface area contributed by atoms with Gasteiger partial charge >= 0.3 is 0 Å².